The summed E-state index contributed by atoms with van der Waals surface area (Å²) in [7, 11) is 0. The molecular formula is C17H33N5O6. The number of carboxylic acids is 1. The van der Waals surface area contributed by atoms with Gasteiger partial charge in [-0.1, -0.05) is 13.8 Å². The molecule has 0 rings (SSSR count). The van der Waals surface area contributed by atoms with E-state index in [1.165, 1.54) is 0 Å². The van der Waals surface area contributed by atoms with Gasteiger partial charge in [0.2, 0.25) is 17.7 Å². The summed E-state index contributed by atoms with van der Waals surface area (Å²) in [4.78, 5) is 47.6. The van der Waals surface area contributed by atoms with Crippen molar-refractivity contribution in [3.8, 4) is 0 Å². The molecular weight excluding hydrogens is 370 g/mol. The first-order valence-corrected chi connectivity index (χ1v) is 9.30. The molecule has 0 radical (unpaired) electrons. The lowest BCUT2D eigenvalue weighted by Gasteiger charge is -2.24. The van der Waals surface area contributed by atoms with Gasteiger partial charge in [-0.05, 0) is 38.1 Å². The second kappa shape index (κ2) is 13.9. The largest absolute Gasteiger partial charge is 0.480 e. The summed E-state index contributed by atoms with van der Waals surface area (Å²) in [6, 6.07) is -3.44. The minimum absolute atomic E-state index is 0.0157. The molecule has 0 spiro atoms. The van der Waals surface area contributed by atoms with Crippen LogP contribution in [0, 0.1) is 5.92 Å². The Morgan fingerprint density at radius 2 is 1.46 bits per heavy atom. The van der Waals surface area contributed by atoms with Crippen LogP contribution in [-0.2, 0) is 19.2 Å². The smallest absolute Gasteiger partial charge is 0.326 e. The minimum atomic E-state index is -1.35. The third kappa shape index (κ3) is 10.2. The number of carbonyl (C=O) groups excluding carboxylic acids is 3. The average Bonchev–Trinajstić information content (AvgIpc) is 2.63. The van der Waals surface area contributed by atoms with E-state index in [1.807, 2.05) is 0 Å². The van der Waals surface area contributed by atoms with Gasteiger partial charge in [0, 0.05) is 0 Å². The molecule has 0 bridgehead atoms. The first-order valence-electron chi connectivity index (χ1n) is 9.30. The highest BCUT2D eigenvalue weighted by Gasteiger charge is 2.29. The van der Waals surface area contributed by atoms with Gasteiger partial charge in [0.1, 0.15) is 18.1 Å². The Morgan fingerprint density at radius 1 is 0.893 bits per heavy atom. The monoisotopic (exact) mass is 403 g/mol. The van der Waals surface area contributed by atoms with Crippen LogP contribution in [0.2, 0.25) is 0 Å². The number of aliphatic hydroxyl groups is 1. The van der Waals surface area contributed by atoms with Gasteiger partial charge >= 0.3 is 5.97 Å². The maximum atomic E-state index is 12.5. The molecule has 11 nitrogen and oxygen atoms in total. The molecule has 0 saturated carbocycles. The topological polar surface area (TPSA) is 197 Å². The van der Waals surface area contributed by atoms with Gasteiger partial charge in [-0.3, -0.25) is 14.4 Å². The van der Waals surface area contributed by atoms with Crippen molar-refractivity contribution in [3.63, 3.8) is 0 Å². The number of aliphatic hydroxyl groups excluding tert-OH is 1. The fourth-order valence-electron chi connectivity index (χ4n) is 2.45. The lowest BCUT2D eigenvalue weighted by atomic mass is 10.0. The zero-order valence-electron chi connectivity index (χ0n) is 16.4. The molecule has 0 fully saturated rings. The lowest BCUT2D eigenvalue weighted by Crippen LogP contribution is -2.57. The van der Waals surface area contributed by atoms with Crippen LogP contribution in [0.15, 0.2) is 0 Å². The summed E-state index contributed by atoms with van der Waals surface area (Å²) < 4.78 is 0. The Balaban J connectivity index is 5.03. The second-order valence-corrected chi connectivity index (χ2v) is 6.88. The van der Waals surface area contributed by atoms with Crippen molar-refractivity contribution < 1.29 is 29.4 Å². The van der Waals surface area contributed by atoms with Crippen LogP contribution in [0.1, 0.15) is 39.5 Å². The van der Waals surface area contributed by atoms with Crippen molar-refractivity contribution in [1.82, 2.24) is 16.0 Å². The fourth-order valence-corrected chi connectivity index (χ4v) is 2.45. The van der Waals surface area contributed by atoms with E-state index in [4.69, 9.17) is 11.5 Å². The van der Waals surface area contributed by atoms with Crippen molar-refractivity contribution in [2.75, 3.05) is 19.7 Å². The number of carboxylic acid groups (broad SMARTS) is 1. The Bertz CT molecular complexity index is 528. The second-order valence-electron chi connectivity index (χ2n) is 6.88. The standard InChI is InChI=1S/C17H33N5O6/c1-10(2)7-12(17(27)28)21-16(26)13(9-23)22-15(25)11(5-3-4-6-18)20-14(24)8-19/h10-13,23H,3-9,18-19H2,1-2H3,(H,20,24)(H,21,26)(H,22,25)(H,27,28). The van der Waals surface area contributed by atoms with Gasteiger partial charge in [0.25, 0.3) is 0 Å². The van der Waals surface area contributed by atoms with E-state index in [1.54, 1.807) is 13.8 Å². The SMILES string of the molecule is CC(C)CC(NC(=O)C(CO)NC(=O)C(CCCCN)NC(=O)CN)C(=O)O. The van der Waals surface area contributed by atoms with Crippen LogP contribution in [0.25, 0.3) is 0 Å². The molecule has 0 aliphatic heterocycles. The molecule has 9 N–H and O–H groups in total. The van der Waals surface area contributed by atoms with E-state index in [2.05, 4.69) is 16.0 Å². The van der Waals surface area contributed by atoms with Crippen molar-refractivity contribution >= 4 is 23.7 Å². The number of rotatable bonds is 14. The molecule has 0 aliphatic rings. The highest BCUT2D eigenvalue weighted by atomic mass is 16.4. The average molecular weight is 403 g/mol. The lowest BCUT2D eigenvalue weighted by molar-refractivity contribution is -0.143. The van der Waals surface area contributed by atoms with Gasteiger partial charge < -0.3 is 37.6 Å². The molecule has 3 atom stereocenters. The molecule has 0 aromatic heterocycles. The van der Waals surface area contributed by atoms with E-state index < -0.39 is 48.4 Å². The summed E-state index contributed by atoms with van der Waals surface area (Å²) in [5.41, 5.74) is 10.7. The number of aliphatic carboxylic acids is 1. The number of amides is 3. The Hall–Kier alpha value is -2.24. The predicted octanol–water partition coefficient (Wildman–Crippen LogP) is -2.35. The van der Waals surface area contributed by atoms with Crippen LogP contribution < -0.4 is 27.4 Å². The number of unbranched alkanes of at least 4 members (excludes halogenated alkanes) is 1. The molecule has 28 heavy (non-hydrogen) atoms. The number of hydrogen-bond acceptors (Lipinski definition) is 7. The van der Waals surface area contributed by atoms with Gasteiger partial charge in [0.05, 0.1) is 13.2 Å². The third-order valence-corrected chi connectivity index (χ3v) is 3.92. The molecule has 0 heterocycles. The third-order valence-electron chi connectivity index (χ3n) is 3.92. The summed E-state index contributed by atoms with van der Waals surface area (Å²) >= 11 is 0. The van der Waals surface area contributed by atoms with Crippen molar-refractivity contribution in [2.45, 2.75) is 57.7 Å². The number of carbonyl (C=O) groups is 4. The minimum Gasteiger partial charge on any atom is -0.480 e. The first kappa shape index (κ1) is 25.8. The molecule has 0 aromatic rings. The van der Waals surface area contributed by atoms with Crippen LogP contribution in [0.5, 0.6) is 0 Å². The molecule has 3 unspecified atom stereocenters. The Labute approximate surface area is 164 Å². The van der Waals surface area contributed by atoms with Gasteiger partial charge in [-0.15, -0.1) is 0 Å². The molecule has 3 amide bonds. The summed E-state index contributed by atoms with van der Waals surface area (Å²) in [5.74, 6) is -3.24. The normalized spacial score (nSPS) is 14.1. The van der Waals surface area contributed by atoms with Crippen LogP contribution in [0.3, 0.4) is 0 Å². The van der Waals surface area contributed by atoms with Crippen molar-refractivity contribution in [1.29, 1.82) is 0 Å². The van der Waals surface area contributed by atoms with E-state index in [0.29, 0.717) is 19.4 Å². The Morgan fingerprint density at radius 3 is 1.93 bits per heavy atom. The van der Waals surface area contributed by atoms with E-state index in [-0.39, 0.29) is 25.3 Å². The van der Waals surface area contributed by atoms with Gasteiger partial charge in [-0.2, -0.15) is 0 Å². The van der Waals surface area contributed by atoms with Crippen molar-refractivity contribution in [3.05, 3.63) is 0 Å². The highest BCUT2D eigenvalue weighted by Crippen LogP contribution is 2.06. The summed E-state index contributed by atoms with van der Waals surface area (Å²) in [6.07, 6.45) is 1.67. The van der Waals surface area contributed by atoms with Gasteiger partial charge in [0.15, 0.2) is 0 Å². The number of nitrogens with two attached hydrogens (primary N) is 2. The quantitative estimate of drug-likeness (QED) is 0.156. The predicted molar refractivity (Wildman–Crippen MR) is 102 cm³/mol. The fraction of sp³-hybridized carbons (Fsp3) is 0.765. The summed E-state index contributed by atoms with van der Waals surface area (Å²) in [6.45, 7) is 3.00. The maximum Gasteiger partial charge on any atom is 0.326 e. The van der Waals surface area contributed by atoms with E-state index in [9.17, 15) is 29.4 Å². The van der Waals surface area contributed by atoms with Crippen LogP contribution in [0.4, 0.5) is 0 Å². The number of hydrogen-bond donors (Lipinski definition) is 7. The van der Waals surface area contributed by atoms with Crippen LogP contribution >= 0.6 is 0 Å². The molecule has 0 saturated heterocycles. The highest BCUT2D eigenvalue weighted by molar-refractivity contribution is 5.93. The molecule has 11 heteroatoms. The zero-order valence-corrected chi connectivity index (χ0v) is 16.4. The van der Waals surface area contributed by atoms with E-state index >= 15 is 0 Å². The molecule has 162 valence electrons. The van der Waals surface area contributed by atoms with Crippen molar-refractivity contribution in [2.24, 2.45) is 17.4 Å². The first-order chi connectivity index (χ1) is 13.2. The van der Waals surface area contributed by atoms with Gasteiger partial charge in [-0.25, -0.2) is 4.79 Å². The number of nitrogens with one attached hydrogen (secondary N) is 3. The zero-order chi connectivity index (χ0) is 21.7. The molecule has 0 aliphatic carbocycles. The Kier molecular flexibility index (Phi) is 12.7. The van der Waals surface area contributed by atoms with E-state index in [0.717, 1.165) is 0 Å². The summed E-state index contributed by atoms with van der Waals surface area (Å²) in [5, 5.41) is 25.8. The maximum absolute atomic E-state index is 12.5. The molecule has 0 aromatic carbocycles. The van der Waals surface area contributed by atoms with Crippen LogP contribution in [-0.4, -0.2) is 71.7 Å².